The van der Waals surface area contributed by atoms with Gasteiger partial charge in [0.1, 0.15) is 10.6 Å². The van der Waals surface area contributed by atoms with Gasteiger partial charge >= 0.3 is 0 Å². The number of hydrogen-bond acceptors (Lipinski definition) is 6. The minimum absolute atomic E-state index is 0.0924. The van der Waals surface area contributed by atoms with Crippen LogP contribution in [0.4, 0.5) is 5.69 Å². The fraction of sp³-hybridized carbons (Fsp3) is 0.435. The van der Waals surface area contributed by atoms with Crippen molar-refractivity contribution in [3.63, 3.8) is 0 Å². The van der Waals surface area contributed by atoms with Gasteiger partial charge in [0, 0.05) is 25.2 Å². The van der Waals surface area contributed by atoms with Crippen LogP contribution in [0.1, 0.15) is 38.2 Å². The number of nitrogens with one attached hydrogen (secondary N) is 1. The lowest BCUT2D eigenvalue weighted by Gasteiger charge is -2.27. The zero-order valence-electron chi connectivity index (χ0n) is 18.1. The number of fused-ring (bicyclic) bond motifs is 1. The molecule has 172 valence electrons. The first-order valence-corrected chi connectivity index (χ1v) is 12.4. The van der Waals surface area contributed by atoms with Gasteiger partial charge in [0.05, 0.1) is 6.61 Å². The number of anilines is 1. The summed E-state index contributed by atoms with van der Waals surface area (Å²) in [5.41, 5.74) is 1.39. The van der Waals surface area contributed by atoms with Crippen LogP contribution in [0.5, 0.6) is 17.2 Å². The van der Waals surface area contributed by atoms with Gasteiger partial charge in [-0.25, -0.2) is 8.42 Å². The van der Waals surface area contributed by atoms with Gasteiger partial charge in [-0.3, -0.25) is 4.79 Å². The second-order valence-electron chi connectivity index (χ2n) is 7.80. The van der Waals surface area contributed by atoms with Crippen molar-refractivity contribution in [1.82, 2.24) is 4.31 Å². The van der Waals surface area contributed by atoms with Crippen molar-refractivity contribution in [3.05, 3.63) is 42.0 Å². The number of aryl methyl sites for hydroxylation is 1. The molecule has 1 amide bonds. The van der Waals surface area contributed by atoms with Gasteiger partial charge in [0.25, 0.3) is 0 Å². The monoisotopic (exact) mass is 460 g/mol. The number of carbonyl (C=O) groups excluding carboxylic acids is 1. The number of sulfonamides is 1. The molecule has 2 aliphatic heterocycles. The van der Waals surface area contributed by atoms with Crippen molar-refractivity contribution in [1.29, 1.82) is 0 Å². The van der Waals surface area contributed by atoms with E-state index in [-0.39, 0.29) is 24.0 Å². The molecule has 32 heavy (non-hydrogen) atoms. The quantitative estimate of drug-likeness (QED) is 0.647. The lowest BCUT2D eigenvalue weighted by atomic mass is 10.1. The molecule has 0 unspecified atom stereocenters. The van der Waals surface area contributed by atoms with Crippen LogP contribution in [0.25, 0.3) is 0 Å². The Morgan fingerprint density at radius 2 is 1.84 bits per heavy atom. The van der Waals surface area contributed by atoms with Crippen LogP contribution in [-0.2, 0) is 21.2 Å². The Hall–Kier alpha value is -2.78. The summed E-state index contributed by atoms with van der Waals surface area (Å²) in [5.74, 6) is 1.49. The molecule has 2 heterocycles. The standard InChI is InChI=1S/C23H28N2O6S/c1-2-29-20-10-8-18(15-22(20)32(27,28)25-12-4-3-5-13-25)24-23(26)11-7-17-6-9-19-21(14-17)31-16-30-19/h6,8-10,14-15H,2-5,7,11-13,16H2,1H3,(H,24,26). The predicted octanol–water partition coefficient (Wildman–Crippen LogP) is 3.56. The largest absolute Gasteiger partial charge is 0.492 e. The molecule has 8 nitrogen and oxygen atoms in total. The number of benzene rings is 2. The minimum atomic E-state index is -3.70. The van der Waals surface area contributed by atoms with Gasteiger partial charge < -0.3 is 19.5 Å². The van der Waals surface area contributed by atoms with E-state index in [1.54, 1.807) is 12.1 Å². The Morgan fingerprint density at radius 3 is 2.62 bits per heavy atom. The zero-order chi connectivity index (χ0) is 22.6. The highest BCUT2D eigenvalue weighted by Crippen LogP contribution is 2.33. The minimum Gasteiger partial charge on any atom is -0.492 e. The van der Waals surface area contributed by atoms with E-state index in [9.17, 15) is 13.2 Å². The van der Waals surface area contributed by atoms with Crippen LogP contribution in [0.3, 0.4) is 0 Å². The molecule has 0 spiro atoms. The highest BCUT2D eigenvalue weighted by Gasteiger charge is 2.29. The van der Waals surface area contributed by atoms with E-state index in [1.165, 1.54) is 10.4 Å². The summed E-state index contributed by atoms with van der Waals surface area (Å²) in [6, 6.07) is 10.4. The number of ether oxygens (including phenoxy) is 3. The number of piperidine rings is 1. The molecule has 2 aromatic rings. The maximum absolute atomic E-state index is 13.2. The molecule has 1 saturated heterocycles. The molecule has 0 aliphatic carbocycles. The predicted molar refractivity (Wildman–Crippen MR) is 120 cm³/mol. The number of carbonyl (C=O) groups is 1. The van der Waals surface area contributed by atoms with E-state index in [0.29, 0.717) is 49.1 Å². The number of nitrogens with zero attached hydrogens (tertiary/aromatic N) is 1. The first-order chi connectivity index (χ1) is 15.5. The third-order valence-corrected chi connectivity index (χ3v) is 7.46. The summed E-state index contributed by atoms with van der Waals surface area (Å²) in [6.45, 7) is 3.37. The molecule has 0 atom stereocenters. The number of hydrogen-bond donors (Lipinski definition) is 1. The van der Waals surface area contributed by atoms with E-state index in [1.807, 2.05) is 25.1 Å². The smallest absolute Gasteiger partial charge is 0.246 e. The SMILES string of the molecule is CCOc1ccc(NC(=O)CCc2ccc3c(c2)OCO3)cc1S(=O)(=O)N1CCCCC1. The van der Waals surface area contributed by atoms with Gasteiger partial charge in [0.15, 0.2) is 11.5 Å². The Morgan fingerprint density at radius 1 is 1.06 bits per heavy atom. The average molecular weight is 461 g/mol. The summed E-state index contributed by atoms with van der Waals surface area (Å²) in [4.78, 5) is 12.6. The van der Waals surface area contributed by atoms with Crippen molar-refractivity contribution in [2.24, 2.45) is 0 Å². The molecule has 4 rings (SSSR count). The lowest BCUT2D eigenvalue weighted by Crippen LogP contribution is -2.35. The Bertz CT molecular complexity index is 1080. The van der Waals surface area contributed by atoms with E-state index in [0.717, 1.165) is 24.8 Å². The highest BCUT2D eigenvalue weighted by molar-refractivity contribution is 7.89. The fourth-order valence-corrected chi connectivity index (χ4v) is 5.56. The molecule has 0 bridgehead atoms. The van der Waals surface area contributed by atoms with Crippen molar-refractivity contribution in [2.75, 3.05) is 31.8 Å². The third-order valence-electron chi connectivity index (χ3n) is 5.54. The fourth-order valence-electron chi connectivity index (χ4n) is 3.88. The van der Waals surface area contributed by atoms with E-state index in [2.05, 4.69) is 5.32 Å². The molecule has 0 radical (unpaired) electrons. The molecule has 1 fully saturated rings. The maximum atomic E-state index is 13.2. The van der Waals surface area contributed by atoms with Crippen LogP contribution < -0.4 is 19.5 Å². The summed E-state index contributed by atoms with van der Waals surface area (Å²) in [5, 5.41) is 2.82. The van der Waals surface area contributed by atoms with Crippen LogP contribution >= 0.6 is 0 Å². The first kappa shape index (κ1) is 22.4. The topological polar surface area (TPSA) is 94.2 Å². The second-order valence-corrected chi connectivity index (χ2v) is 9.70. The van der Waals surface area contributed by atoms with Gasteiger partial charge in [-0.2, -0.15) is 4.31 Å². The van der Waals surface area contributed by atoms with Crippen molar-refractivity contribution >= 4 is 21.6 Å². The van der Waals surface area contributed by atoms with Gasteiger partial charge in [-0.15, -0.1) is 0 Å². The number of rotatable bonds is 8. The third kappa shape index (κ3) is 4.99. The number of amides is 1. The molecule has 2 aromatic carbocycles. The molecule has 0 aromatic heterocycles. The van der Waals surface area contributed by atoms with Gasteiger partial charge in [0.2, 0.25) is 22.7 Å². The Labute approximate surface area is 188 Å². The Kier molecular flexibility index (Phi) is 6.86. The summed E-state index contributed by atoms with van der Waals surface area (Å²) in [7, 11) is -3.70. The summed E-state index contributed by atoms with van der Waals surface area (Å²) in [6.07, 6.45) is 3.50. The van der Waals surface area contributed by atoms with Gasteiger partial charge in [-0.05, 0) is 62.1 Å². The molecule has 9 heteroatoms. The van der Waals surface area contributed by atoms with Crippen LogP contribution in [0.15, 0.2) is 41.3 Å². The molecule has 2 aliphatic rings. The van der Waals surface area contributed by atoms with E-state index in [4.69, 9.17) is 14.2 Å². The molecular weight excluding hydrogens is 432 g/mol. The molecular formula is C23H28N2O6S. The van der Waals surface area contributed by atoms with E-state index < -0.39 is 10.0 Å². The highest BCUT2D eigenvalue weighted by atomic mass is 32.2. The maximum Gasteiger partial charge on any atom is 0.246 e. The molecule has 0 saturated carbocycles. The van der Waals surface area contributed by atoms with Crippen LogP contribution in [0.2, 0.25) is 0 Å². The Balaban J connectivity index is 1.46. The van der Waals surface area contributed by atoms with Crippen LogP contribution in [-0.4, -0.2) is 45.1 Å². The van der Waals surface area contributed by atoms with Crippen molar-refractivity contribution in [2.45, 2.75) is 43.9 Å². The lowest BCUT2D eigenvalue weighted by molar-refractivity contribution is -0.116. The van der Waals surface area contributed by atoms with Crippen molar-refractivity contribution in [3.8, 4) is 17.2 Å². The second kappa shape index (κ2) is 9.79. The van der Waals surface area contributed by atoms with Crippen molar-refractivity contribution < 1.29 is 27.4 Å². The van der Waals surface area contributed by atoms with Crippen LogP contribution in [0, 0.1) is 0 Å². The first-order valence-electron chi connectivity index (χ1n) is 10.9. The van der Waals surface area contributed by atoms with Gasteiger partial charge in [-0.1, -0.05) is 12.5 Å². The average Bonchev–Trinajstić information content (AvgIpc) is 3.27. The summed E-state index contributed by atoms with van der Waals surface area (Å²) >= 11 is 0. The summed E-state index contributed by atoms with van der Waals surface area (Å²) < 4.78 is 44.2. The molecule has 1 N–H and O–H groups in total. The van der Waals surface area contributed by atoms with E-state index >= 15 is 0 Å². The normalized spacial score (nSPS) is 16.0. The zero-order valence-corrected chi connectivity index (χ0v) is 18.9.